The van der Waals surface area contributed by atoms with Gasteiger partial charge in [-0.15, -0.1) is 0 Å². The molecule has 5 amide bonds. The van der Waals surface area contributed by atoms with E-state index in [1.807, 2.05) is 24.3 Å². The van der Waals surface area contributed by atoms with E-state index in [1.54, 1.807) is 0 Å². The Labute approximate surface area is 169 Å². The summed E-state index contributed by atoms with van der Waals surface area (Å²) in [6.07, 6.45) is 4.15. The van der Waals surface area contributed by atoms with E-state index in [4.69, 9.17) is 5.73 Å². The number of nitrogens with one attached hydrogen (secondary N) is 1. The molecule has 1 saturated heterocycles. The van der Waals surface area contributed by atoms with Crippen LogP contribution in [0.15, 0.2) is 24.3 Å². The van der Waals surface area contributed by atoms with Gasteiger partial charge in [0.25, 0.3) is 5.91 Å². The molecule has 1 aliphatic carbocycles. The average molecular weight is 398 g/mol. The summed E-state index contributed by atoms with van der Waals surface area (Å²) in [5.74, 6) is -0.884. The minimum atomic E-state index is -0.727. The summed E-state index contributed by atoms with van der Waals surface area (Å²) >= 11 is 0. The molecule has 0 radical (unpaired) electrons. The highest BCUT2D eigenvalue weighted by Crippen LogP contribution is 2.35. The van der Waals surface area contributed by atoms with Crippen LogP contribution in [0.3, 0.4) is 0 Å². The number of fused-ring (bicyclic) bond motifs is 1. The quantitative estimate of drug-likeness (QED) is 0.722. The summed E-state index contributed by atoms with van der Waals surface area (Å²) in [5.41, 5.74) is 6.86. The van der Waals surface area contributed by atoms with Crippen LogP contribution in [0.1, 0.15) is 49.7 Å². The van der Waals surface area contributed by atoms with Gasteiger partial charge in [0, 0.05) is 25.9 Å². The average Bonchev–Trinajstić information content (AvgIpc) is 3.27. The predicted octanol–water partition coefficient (Wildman–Crippen LogP) is 1.07. The van der Waals surface area contributed by atoms with Gasteiger partial charge in [-0.3, -0.25) is 19.3 Å². The van der Waals surface area contributed by atoms with E-state index >= 15 is 0 Å². The van der Waals surface area contributed by atoms with Crippen molar-refractivity contribution in [3.05, 3.63) is 35.4 Å². The molecule has 154 valence electrons. The summed E-state index contributed by atoms with van der Waals surface area (Å²) in [6.45, 7) is 0.540. The molecule has 2 aliphatic heterocycles. The van der Waals surface area contributed by atoms with E-state index in [-0.39, 0.29) is 30.8 Å². The van der Waals surface area contributed by atoms with Crippen molar-refractivity contribution in [1.82, 2.24) is 15.1 Å². The highest BCUT2D eigenvalue weighted by molar-refractivity contribution is 6.07. The molecule has 1 unspecified atom stereocenters. The van der Waals surface area contributed by atoms with Gasteiger partial charge in [0.1, 0.15) is 11.6 Å². The van der Waals surface area contributed by atoms with Crippen LogP contribution < -0.4 is 11.1 Å². The van der Waals surface area contributed by atoms with Crippen LogP contribution >= 0.6 is 0 Å². The normalized spacial score (nSPS) is 22.7. The van der Waals surface area contributed by atoms with Crippen molar-refractivity contribution < 1.29 is 19.2 Å². The third-order valence-electron chi connectivity index (χ3n) is 6.37. The highest BCUT2D eigenvalue weighted by Gasteiger charge is 2.52. The largest absolute Gasteiger partial charge is 0.368 e. The number of nitrogens with zero attached hydrogens (tertiary/aromatic N) is 2. The van der Waals surface area contributed by atoms with E-state index in [1.165, 1.54) is 9.80 Å². The second kappa shape index (κ2) is 7.50. The van der Waals surface area contributed by atoms with E-state index in [2.05, 4.69) is 5.32 Å². The molecule has 1 aromatic carbocycles. The molecule has 8 heteroatoms. The molecule has 1 atom stereocenters. The third kappa shape index (κ3) is 3.47. The van der Waals surface area contributed by atoms with Crippen LogP contribution in [-0.4, -0.2) is 51.7 Å². The summed E-state index contributed by atoms with van der Waals surface area (Å²) in [6, 6.07) is 6.67. The number of rotatable bonds is 5. The number of benzene rings is 1. The zero-order chi connectivity index (χ0) is 20.6. The predicted molar refractivity (Wildman–Crippen MR) is 104 cm³/mol. The smallest absolute Gasteiger partial charge is 0.325 e. The van der Waals surface area contributed by atoms with Crippen molar-refractivity contribution in [2.75, 3.05) is 6.54 Å². The minimum absolute atomic E-state index is 0.149. The Morgan fingerprint density at radius 3 is 2.52 bits per heavy atom. The molecular formula is C21H26N4O4. The lowest BCUT2D eigenvalue weighted by Gasteiger charge is -2.35. The fourth-order valence-electron chi connectivity index (χ4n) is 4.77. The summed E-state index contributed by atoms with van der Waals surface area (Å²) in [5, 5.41) is 2.84. The first-order valence-corrected chi connectivity index (χ1v) is 10.2. The molecule has 1 saturated carbocycles. The molecule has 0 bridgehead atoms. The van der Waals surface area contributed by atoms with Gasteiger partial charge < -0.3 is 16.0 Å². The SMILES string of the molecule is NC(=O)C1Cc2ccccc2CN1C(=O)CCCN1C(=O)NC2(CCCC2)C1=O. The van der Waals surface area contributed by atoms with Crippen molar-refractivity contribution >= 4 is 23.8 Å². The Morgan fingerprint density at radius 2 is 1.83 bits per heavy atom. The number of hydrogen-bond acceptors (Lipinski definition) is 4. The van der Waals surface area contributed by atoms with Crippen LogP contribution in [0.5, 0.6) is 0 Å². The standard InChI is InChI=1S/C21H26N4O4/c22-18(27)16-12-14-6-1-2-7-15(14)13-25(16)17(26)8-5-11-24-19(28)21(23-20(24)29)9-3-4-10-21/h1-2,6-7,16H,3-5,8-13H2,(H2,22,27)(H,23,29). The number of nitrogens with two attached hydrogens (primary N) is 1. The number of hydrogen-bond donors (Lipinski definition) is 2. The van der Waals surface area contributed by atoms with Crippen molar-refractivity contribution in [3.63, 3.8) is 0 Å². The van der Waals surface area contributed by atoms with Crippen LogP contribution in [0, 0.1) is 0 Å². The molecule has 0 aromatic heterocycles. The molecule has 8 nitrogen and oxygen atoms in total. The van der Waals surface area contributed by atoms with E-state index in [9.17, 15) is 19.2 Å². The minimum Gasteiger partial charge on any atom is -0.368 e. The second-order valence-electron chi connectivity index (χ2n) is 8.19. The van der Waals surface area contributed by atoms with Gasteiger partial charge >= 0.3 is 6.03 Å². The van der Waals surface area contributed by atoms with Crippen molar-refractivity contribution in [1.29, 1.82) is 0 Å². The highest BCUT2D eigenvalue weighted by atomic mass is 16.2. The first kappa shape index (κ1) is 19.4. The lowest BCUT2D eigenvalue weighted by atomic mass is 9.93. The monoisotopic (exact) mass is 398 g/mol. The van der Waals surface area contributed by atoms with Gasteiger partial charge in [0.15, 0.2) is 0 Å². The summed E-state index contributed by atoms with van der Waals surface area (Å²) in [4.78, 5) is 52.4. The summed E-state index contributed by atoms with van der Waals surface area (Å²) < 4.78 is 0. The molecular weight excluding hydrogens is 372 g/mol. The zero-order valence-corrected chi connectivity index (χ0v) is 16.4. The fourth-order valence-corrected chi connectivity index (χ4v) is 4.77. The number of primary amides is 1. The van der Waals surface area contributed by atoms with Gasteiger partial charge in [0.05, 0.1) is 0 Å². The van der Waals surface area contributed by atoms with Gasteiger partial charge in [0.2, 0.25) is 11.8 Å². The molecule has 4 rings (SSSR count). The third-order valence-corrected chi connectivity index (χ3v) is 6.37. The zero-order valence-electron chi connectivity index (χ0n) is 16.4. The molecule has 2 fully saturated rings. The maximum atomic E-state index is 12.8. The van der Waals surface area contributed by atoms with Crippen LogP contribution in [-0.2, 0) is 27.3 Å². The maximum Gasteiger partial charge on any atom is 0.325 e. The van der Waals surface area contributed by atoms with Gasteiger partial charge in [-0.25, -0.2) is 4.79 Å². The molecule has 3 aliphatic rings. The summed E-state index contributed by atoms with van der Waals surface area (Å²) in [7, 11) is 0. The first-order chi connectivity index (χ1) is 13.9. The second-order valence-corrected chi connectivity index (χ2v) is 8.19. The lowest BCUT2D eigenvalue weighted by molar-refractivity contribution is -0.141. The Balaban J connectivity index is 1.37. The molecule has 3 N–H and O–H groups in total. The number of urea groups is 1. The molecule has 2 heterocycles. The van der Waals surface area contributed by atoms with Gasteiger partial charge in [-0.2, -0.15) is 0 Å². The Morgan fingerprint density at radius 1 is 1.14 bits per heavy atom. The Kier molecular flexibility index (Phi) is 5.02. The lowest BCUT2D eigenvalue weighted by Crippen LogP contribution is -2.51. The number of carbonyl (C=O) groups is 4. The number of carbonyl (C=O) groups excluding carboxylic acids is 4. The van der Waals surface area contributed by atoms with Crippen LogP contribution in [0.25, 0.3) is 0 Å². The van der Waals surface area contributed by atoms with Gasteiger partial charge in [-0.1, -0.05) is 37.1 Å². The number of amides is 5. The van der Waals surface area contributed by atoms with E-state index in [0.717, 1.165) is 24.0 Å². The topological polar surface area (TPSA) is 113 Å². The number of imide groups is 1. The molecule has 1 spiro atoms. The van der Waals surface area contributed by atoms with Crippen molar-refractivity contribution in [3.8, 4) is 0 Å². The Hall–Kier alpha value is -2.90. The molecule has 1 aromatic rings. The van der Waals surface area contributed by atoms with E-state index < -0.39 is 17.5 Å². The Bertz CT molecular complexity index is 862. The van der Waals surface area contributed by atoms with Crippen LogP contribution in [0.2, 0.25) is 0 Å². The molecule has 29 heavy (non-hydrogen) atoms. The van der Waals surface area contributed by atoms with Crippen molar-refractivity contribution in [2.24, 2.45) is 5.73 Å². The fraction of sp³-hybridized carbons (Fsp3) is 0.524. The maximum absolute atomic E-state index is 12.8. The first-order valence-electron chi connectivity index (χ1n) is 10.2. The van der Waals surface area contributed by atoms with Crippen LogP contribution in [0.4, 0.5) is 4.79 Å². The van der Waals surface area contributed by atoms with Crippen molar-refractivity contribution in [2.45, 2.75) is 63.1 Å². The van der Waals surface area contributed by atoms with Gasteiger partial charge in [-0.05, 0) is 30.4 Å². The van der Waals surface area contributed by atoms with E-state index in [0.29, 0.717) is 32.2 Å².